The number of aryl methyl sites for hydroxylation is 1. The Labute approximate surface area is 146 Å². The van der Waals surface area contributed by atoms with Crippen molar-refractivity contribution in [2.75, 3.05) is 31.1 Å². The van der Waals surface area contributed by atoms with E-state index >= 15 is 0 Å². The number of carbonyl (C=O) groups is 2. The largest absolute Gasteiger partial charge is 0.353 e. The molecule has 0 atom stereocenters. The molecule has 0 aromatic carbocycles. The molecule has 1 saturated carbocycles. The lowest BCUT2D eigenvalue weighted by atomic mass is 10.2. The van der Waals surface area contributed by atoms with E-state index < -0.39 is 11.8 Å². The van der Waals surface area contributed by atoms with Gasteiger partial charge in [-0.15, -0.1) is 0 Å². The molecule has 3 rings (SSSR count). The molecule has 1 aromatic heterocycles. The summed E-state index contributed by atoms with van der Waals surface area (Å²) >= 11 is 6.23. The molecule has 24 heavy (non-hydrogen) atoms. The van der Waals surface area contributed by atoms with Crippen molar-refractivity contribution in [3.8, 4) is 0 Å². The van der Waals surface area contributed by atoms with E-state index in [2.05, 4.69) is 20.2 Å². The van der Waals surface area contributed by atoms with Crippen LogP contribution in [-0.4, -0.2) is 58.9 Å². The van der Waals surface area contributed by atoms with Crippen LogP contribution in [0.3, 0.4) is 0 Å². The van der Waals surface area contributed by atoms with Crippen molar-refractivity contribution in [1.29, 1.82) is 0 Å². The van der Waals surface area contributed by atoms with Gasteiger partial charge >= 0.3 is 11.8 Å². The predicted octanol–water partition coefficient (Wildman–Crippen LogP) is 0.928. The van der Waals surface area contributed by atoms with Gasteiger partial charge in [-0.25, -0.2) is 9.97 Å². The van der Waals surface area contributed by atoms with Gasteiger partial charge in [-0.1, -0.05) is 18.5 Å². The molecule has 8 heteroatoms. The van der Waals surface area contributed by atoms with Gasteiger partial charge in [-0.2, -0.15) is 0 Å². The predicted molar refractivity (Wildman–Crippen MR) is 91.1 cm³/mol. The van der Waals surface area contributed by atoms with Crippen LogP contribution in [0.2, 0.25) is 5.15 Å². The number of halogens is 1. The summed E-state index contributed by atoms with van der Waals surface area (Å²) in [6, 6.07) is 0.195. The lowest BCUT2D eigenvalue weighted by Crippen LogP contribution is -2.53. The molecule has 1 aliphatic heterocycles. The van der Waals surface area contributed by atoms with Crippen molar-refractivity contribution in [2.24, 2.45) is 0 Å². The second-order valence-corrected chi connectivity index (χ2v) is 6.60. The maximum Gasteiger partial charge on any atom is 0.312 e. The van der Waals surface area contributed by atoms with Crippen molar-refractivity contribution in [1.82, 2.24) is 20.2 Å². The molecule has 2 amide bonds. The quantitative estimate of drug-likeness (QED) is 0.647. The van der Waals surface area contributed by atoms with Crippen molar-refractivity contribution < 1.29 is 9.59 Å². The maximum atomic E-state index is 12.2. The summed E-state index contributed by atoms with van der Waals surface area (Å²) in [6.45, 7) is 6.09. The summed E-state index contributed by atoms with van der Waals surface area (Å²) in [4.78, 5) is 36.5. The number of hydrogen-bond donors (Lipinski definition) is 1. The zero-order valence-electron chi connectivity index (χ0n) is 14.0. The first-order chi connectivity index (χ1) is 11.5. The van der Waals surface area contributed by atoms with Gasteiger partial charge in [-0.05, 0) is 26.2 Å². The van der Waals surface area contributed by atoms with E-state index in [-0.39, 0.29) is 6.04 Å². The Bertz CT molecular complexity index is 654. The summed E-state index contributed by atoms with van der Waals surface area (Å²) in [6.07, 6.45) is 2.69. The van der Waals surface area contributed by atoms with E-state index in [1.807, 2.05) is 13.8 Å². The fourth-order valence-electron chi connectivity index (χ4n) is 2.85. The highest BCUT2D eigenvalue weighted by Crippen LogP contribution is 2.26. The minimum Gasteiger partial charge on any atom is -0.353 e. The Hall–Kier alpha value is -1.89. The Morgan fingerprint density at radius 2 is 1.88 bits per heavy atom. The highest BCUT2D eigenvalue weighted by atomic mass is 35.5. The second kappa shape index (κ2) is 6.93. The van der Waals surface area contributed by atoms with E-state index in [9.17, 15) is 9.59 Å². The minimum atomic E-state index is -0.485. The van der Waals surface area contributed by atoms with E-state index in [4.69, 9.17) is 11.6 Å². The minimum absolute atomic E-state index is 0.195. The van der Waals surface area contributed by atoms with Crippen LogP contribution in [-0.2, 0) is 16.0 Å². The Kier molecular flexibility index (Phi) is 4.89. The van der Waals surface area contributed by atoms with Crippen LogP contribution < -0.4 is 10.2 Å². The van der Waals surface area contributed by atoms with Crippen molar-refractivity contribution in [3.63, 3.8) is 0 Å². The fraction of sp³-hybridized carbons (Fsp3) is 0.625. The third kappa shape index (κ3) is 3.61. The van der Waals surface area contributed by atoms with E-state index in [1.165, 1.54) is 0 Å². The van der Waals surface area contributed by atoms with Gasteiger partial charge in [-0.3, -0.25) is 9.59 Å². The number of carbonyl (C=O) groups excluding carboxylic acids is 2. The SMILES string of the molecule is CCc1c(Cl)nc(C)nc1N1CCN(C(=O)C(=O)NC2CC2)CC1. The van der Waals surface area contributed by atoms with Gasteiger partial charge in [0.25, 0.3) is 0 Å². The average Bonchev–Trinajstić information content (AvgIpc) is 3.37. The molecular weight excluding hydrogens is 330 g/mol. The molecular formula is C16H22ClN5O2. The number of amides is 2. The highest BCUT2D eigenvalue weighted by molar-refractivity contribution is 6.35. The van der Waals surface area contributed by atoms with Crippen LogP contribution in [0.5, 0.6) is 0 Å². The lowest BCUT2D eigenvalue weighted by molar-refractivity contribution is -0.146. The third-order valence-electron chi connectivity index (χ3n) is 4.37. The number of anilines is 1. The van der Waals surface area contributed by atoms with Crippen LogP contribution in [0, 0.1) is 6.92 Å². The average molecular weight is 352 g/mol. The normalized spacial score (nSPS) is 17.8. The highest BCUT2D eigenvalue weighted by Gasteiger charge is 2.31. The molecule has 2 aliphatic rings. The lowest BCUT2D eigenvalue weighted by Gasteiger charge is -2.36. The first kappa shape index (κ1) is 17.0. The van der Waals surface area contributed by atoms with E-state index in [1.54, 1.807) is 4.90 Å². The van der Waals surface area contributed by atoms with Crippen LogP contribution in [0.25, 0.3) is 0 Å². The standard InChI is InChI=1S/C16H22ClN5O2/c1-3-12-13(17)18-10(2)19-14(12)21-6-8-22(9-7-21)16(24)15(23)20-11-4-5-11/h11H,3-9H2,1-2H3,(H,20,23). The van der Waals surface area contributed by atoms with Gasteiger partial charge < -0.3 is 15.1 Å². The maximum absolute atomic E-state index is 12.2. The molecule has 1 N–H and O–H groups in total. The molecule has 1 aromatic rings. The number of hydrogen-bond acceptors (Lipinski definition) is 5. The molecule has 130 valence electrons. The molecule has 1 aliphatic carbocycles. The molecule has 0 bridgehead atoms. The van der Waals surface area contributed by atoms with Crippen LogP contribution >= 0.6 is 11.6 Å². The zero-order valence-corrected chi connectivity index (χ0v) is 14.8. The first-order valence-electron chi connectivity index (χ1n) is 8.37. The monoisotopic (exact) mass is 351 g/mol. The summed E-state index contributed by atoms with van der Waals surface area (Å²) in [5.74, 6) is 0.550. The third-order valence-corrected chi connectivity index (χ3v) is 4.69. The van der Waals surface area contributed by atoms with E-state index in [0.29, 0.717) is 37.2 Å². The van der Waals surface area contributed by atoms with Gasteiger partial charge in [0, 0.05) is 37.8 Å². The van der Waals surface area contributed by atoms with Crippen molar-refractivity contribution >= 4 is 29.2 Å². The Balaban J connectivity index is 1.64. The fourth-order valence-corrected chi connectivity index (χ4v) is 3.19. The van der Waals surface area contributed by atoms with Crippen molar-refractivity contribution in [3.05, 3.63) is 16.5 Å². The summed E-state index contributed by atoms with van der Waals surface area (Å²) in [7, 11) is 0. The molecule has 1 saturated heterocycles. The Morgan fingerprint density at radius 1 is 1.21 bits per heavy atom. The van der Waals surface area contributed by atoms with Crippen LogP contribution in [0.4, 0.5) is 5.82 Å². The molecule has 2 heterocycles. The number of piperazine rings is 1. The second-order valence-electron chi connectivity index (χ2n) is 6.24. The van der Waals surface area contributed by atoms with Gasteiger partial charge in [0.1, 0.15) is 16.8 Å². The van der Waals surface area contributed by atoms with Crippen LogP contribution in [0.1, 0.15) is 31.2 Å². The van der Waals surface area contributed by atoms with Crippen molar-refractivity contribution in [2.45, 2.75) is 39.2 Å². The molecule has 7 nitrogen and oxygen atoms in total. The van der Waals surface area contributed by atoms with Crippen LogP contribution in [0.15, 0.2) is 0 Å². The van der Waals surface area contributed by atoms with Gasteiger partial charge in [0.05, 0.1) is 0 Å². The number of nitrogens with one attached hydrogen (secondary N) is 1. The van der Waals surface area contributed by atoms with Gasteiger partial charge in [0.2, 0.25) is 0 Å². The Morgan fingerprint density at radius 3 is 2.46 bits per heavy atom. The smallest absolute Gasteiger partial charge is 0.312 e. The number of aromatic nitrogens is 2. The zero-order chi connectivity index (χ0) is 17.3. The summed E-state index contributed by atoms with van der Waals surface area (Å²) in [5, 5.41) is 3.23. The summed E-state index contributed by atoms with van der Waals surface area (Å²) in [5.41, 5.74) is 0.925. The first-order valence-corrected chi connectivity index (χ1v) is 8.75. The topological polar surface area (TPSA) is 78.4 Å². The number of nitrogens with zero attached hydrogens (tertiary/aromatic N) is 4. The van der Waals surface area contributed by atoms with E-state index in [0.717, 1.165) is 30.6 Å². The number of rotatable bonds is 3. The molecule has 0 radical (unpaired) electrons. The van der Waals surface area contributed by atoms with Gasteiger partial charge in [0.15, 0.2) is 0 Å². The molecule has 2 fully saturated rings. The molecule has 0 spiro atoms. The summed E-state index contributed by atoms with van der Waals surface area (Å²) < 4.78 is 0. The molecule has 0 unspecified atom stereocenters.